The molecule has 0 saturated carbocycles. The minimum Gasteiger partial charge on any atom is -0.378 e. The van der Waals surface area contributed by atoms with Gasteiger partial charge in [-0.2, -0.15) is 0 Å². The number of carbonyl (C=O) groups excluding carboxylic acids is 1. The molecule has 128 valence electrons. The molecule has 1 aromatic carbocycles. The Hall–Kier alpha value is -2.86. The maximum atomic E-state index is 12.7. The zero-order chi connectivity index (χ0) is 17.1. The van der Waals surface area contributed by atoms with Gasteiger partial charge in [-0.15, -0.1) is 0 Å². The van der Waals surface area contributed by atoms with Gasteiger partial charge in [0.2, 0.25) is 0 Å². The van der Waals surface area contributed by atoms with Gasteiger partial charge in [-0.3, -0.25) is 4.79 Å². The number of ether oxygens (including phenoxy) is 1. The average molecular weight is 336 g/mol. The molecule has 1 amide bonds. The Labute approximate surface area is 146 Å². The summed E-state index contributed by atoms with van der Waals surface area (Å²) in [7, 11) is 0. The molecular formula is C19H20N4O2. The molecule has 4 rings (SSSR count). The summed E-state index contributed by atoms with van der Waals surface area (Å²) < 4.78 is 7.35. The van der Waals surface area contributed by atoms with Crippen molar-refractivity contribution in [2.24, 2.45) is 0 Å². The summed E-state index contributed by atoms with van der Waals surface area (Å²) >= 11 is 0. The largest absolute Gasteiger partial charge is 0.378 e. The van der Waals surface area contributed by atoms with Crippen molar-refractivity contribution in [3.8, 4) is 0 Å². The van der Waals surface area contributed by atoms with Crippen LogP contribution in [0.5, 0.6) is 0 Å². The first-order valence-electron chi connectivity index (χ1n) is 8.43. The Balaban J connectivity index is 1.49. The Kier molecular flexibility index (Phi) is 4.35. The molecule has 0 radical (unpaired) electrons. The molecule has 1 fully saturated rings. The van der Waals surface area contributed by atoms with E-state index in [0.717, 1.165) is 30.0 Å². The van der Waals surface area contributed by atoms with Gasteiger partial charge in [0.05, 0.1) is 18.8 Å². The number of benzene rings is 1. The van der Waals surface area contributed by atoms with Gasteiger partial charge in [-0.05, 0) is 29.8 Å². The van der Waals surface area contributed by atoms with Crippen LogP contribution in [0, 0.1) is 0 Å². The van der Waals surface area contributed by atoms with Crippen LogP contribution in [0.3, 0.4) is 0 Å². The van der Waals surface area contributed by atoms with E-state index < -0.39 is 0 Å². The van der Waals surface area contributed by atoms with E-state index in [-0.39, 0.29) is 5.91 Å². The molecule has 6 nitrogen and oxygen atoms in total. The number of hydrogen-bond donors (Lipinski definition) is 1. The minimum absolute atomic E-state index is 0.0645. The minimum atomic E-state index is -0.0645. The number of imidazole rings is 1. The van der Waals surface area contributed by atoms with E-state index in [9.17, 15) is 4.79 Å². The molecule has 6 heteroatoms. The molecule has 0 spiro atoms. The highest BCUT2D eigenvalue weighted by molar-refractivity contribution is 5.99. The molecule has 0 atom stereocenters. The molecule has 1 N–H and O–H groups in total. The number of rotatable bonds is 4. The van der Waals surface area contributed by atoms with Crippen LogP contribution in [-0.4, -0.2) is 41.6 Å². The van der Waals surface area contributed by atoms with Crippen molar-refractivity contribution in [1.82, 2.24) is 14.7 Å². The molecule has 2 aromatic heterocycles. The second-order valence-electron chi connectivity index (χ2n) is 6.03. The Morgan fingerprint density at radius 2 is 2.00 bits per heavy atom. The van der Waals surface area contributed by atoms with Crippen molar-refractivity contribution < 1.29 is 9.53 Å². The van der Waals surface area contributed by atoms with Crippen molar-refractivity contribution >= 4 is 17.2 Å². The molecule has 1 aliphatic rings. The number of anilines is 1. The fraction of sp³-hybridized carbons (Fsp3) is 0.263. The number of carbonyl (C=O) groups is 1. The predicted molar refractivity (Wildman–Crippen MR) is 95.8 cm³/mol. The predicted octanol–water partition coefficient (Wildman–Crippen LogP) is 2.10. The van der Waals surface area contributed by atoms with Gasteiger partial charge < -0.3 is 19.4 Å². The van der Waals surface area contributed by atoms with E-state index in [4.69, 9.17) is 4.74 Å². The molecule has 0 bridgehead atoms. The molecule has 0 aliphatic carbocycles. The maximum Gasteiger partial charge on any atom is 0.253 e. The van der Waals surface area contributed by atoms with Crippen LogP contribution in [-0.2, 0) is 11.3 Å². The lowest BCUT2D eigenvalue weighted by atomic mass is 10.1. The van der Waals surface area contributed by atoms with Crippen LogP contribution < -0.4 is 10.2 Å². The topological polar surface area (TPSA) is 58.9 Å². The number of aromatic nitrogens is 2. The van der Waals surface area contributed by atoms with Gasteiger partial charge in [-0.25, -0.2) is 4.98 Å². The van der Waals surface area contributed by atoms with E-state index in [0.29, 0.717) is 25.3 Å². The van der Waals surface area contributed by atoms with E-state index in [2.05, 4.69) is 15.2 Å². The lowest BCUT2D eigenvalue weighted by Crippen LogP contribution is -2.37. The highest BCUT2D eigenvalue weighted by Crippen LogP contribution is 2.21. The number of fused-ring (bicyclic) bond motifs is 1. The normalized spacial score (nSPS) is 14.6. The number of morpholine rings is 1. The molecule has 3 aromatic rings. The highest BCUT2D eigenvalue weighted by atomic mass is 16.5. The van der Waals surface area contributed by atoms with Crippen molar-refractivity contribution in [2.75, 3.05) is 31.2 Å². The number of amides is 1. The van der Waals surface area contributed by atoms with Gasteiger partial charge in [0.25, 0.3) is 5.91 Å². The Morgan fingerprint density at radius 1 is 1.16 bits per heavy atom. The molecule has 25 heavy (non-hydrogen) atoms. The fourth-order valence-corrected chi connectivity index (χ4v) is 3.09. The third kappa shape index (κ3) is 3.34. The standard InChI is InChI=1S/C19H20N4O2/c24-19(21-14-15-5-7-23-8-6-20-18(23)13-15)16-3-1-2-4-17(16)22-9-11-25-12-10-22/h1-8,13H,9-12,14H2,(H,21,24). The van der Waals surface area contributed by atoms with Crippen LogP contribution >= 0.6 is 0 Å². The summed E-state index contributed by atoms with van der Waals surface area (Å²) in [6.45, 7) is 3.47. The zero-order valence-electron chi connectivity index (χ0n) is 13.9. The SMILES string of the molecule is O=C(NCc1ccn2ccnc2c1)c1ccccc1N1CCOCC1. The monoisotopic (exact) mass is 336 g/mol. The van der Waals surface area contributed by atoms with Crippen LogP contribution in [0.1, 0.15) is 15.9 Å². The number of nitrogens with one attached hydrogen (secondary N) is 1. The second kappa shape index (κ2) is 6.94. The fourth-order valence-electron chi connectivity index (χ4n) is 3.09. The van der Waals surface area contributed by atoms with Crippen LogP contribution in [0.25, 0.3) is 5.65 Å². The van der Waals surface area contributed by atoms with Crippen molar-refractivity contribution in [1.29, 1.82) is 0 Å². The first kappa shape index (κ1) is 15.7. The van der Waals surface area contributed by atoms with Gasteiger partial charge in [-0.1, -0.05) is 12.1 Å². The van der Waals surface area contributed by atoms with Crippen molar-refractivity contribution in [3.05, 3.63) is 66.1 Å². The number of nitrogens with zero attached hydrogens (tertiary/aromatic N) is 3. The Morgan fingerprint density at radius 3 is 2.88 bits per heavy atom. The number of pyridine rings is 1. The molecule has 1 saturated heterocycles. The summed E-state index contributed by atoms with van der Waals surface area (Å²) in [5.74, 6) is -0.0645. The van der Waals surface area contributed by atoms with E-state index in [1.54, 1.807) is 6.20 Å². The molecule has 3 heterocycles. The Bertz CT molecular complexity index is 884. The quantitative estimate of drug-likeness (QED) is 0.793. The summed E-state index contributed by atoms with van der Waals surface area (Å²) in [6.07, 6.45) is 5.61. The number of hydrogen-bond acceptors (Lipinski definition) is 4. The van der Waals surface area contributed by atoms with Gasteiger partial charge >= 0.3 is 0 Å². The van der Waals surface area contributed by atoms with Crippen molar-refractivity contribution in [2.45, 2.75) is 6.54 Å². The van der Waals surface area contributed by atoms with Crippen LogP contribution in [0.2, 0.25) is 0 Å². The summed E-state index contributed by atoms with van der Waals surface area (Å²) in [5, 5.41) is 3.02. The zero-order valence-corrected chi connectivity index (χ0v) is 13.9. The van der Waals surface area contributed by atoms with E-state index in [1.165, 1.54) is 0 Å². The lowest BCUT2D eigenvalue weighted by molar-refractivity contribution is 0.0949. The summed E-state index contributed by atoms with van der Waals surface area (Å²) in [4.78, 5) is 19.2. The van der Waals surface area contributed by atoms with Crippen LogP contribution in [0.4, 0.5) is 5.69 Å². The smallest absolute Gasteiger partial charge is 0.253 e. The highest BCUT2D eigenvalue weighted by Gasteiger charge is 2.18. The third-order valence-electron chi connectivity index (χ3n) is 4.42. The summed E-state index contributed by atoms with van der Waals surface area (Å²) in [6, 6.07) is 11.7. The van der Waals surface area contributed by atoms with E-state index in [1.807, 2.05) is 53.2 Å². The second-order valence-corrected chi connectivity index (χ2v) is 6.03. The first-order chi connectivity index (χ1) is 12.3. The lowest BCUT2D eigenvalue weighted by Gasteiger charge is -2.30. The molecular weight excluding hydrogens is 316 g/mol. The van der Waals surface area contributed by atoms with E-state index >= 15 is 0 Å². The molecule has 0 unspecified atom stereocenters. The number of para-hydroxylation sites is 1. The van der Waals surface area contributed by atoms with Gasteiger partial charge in [0.15, 0.2) is 0 Å². The van der Waals surface area contributed by atoms with Crippen LogP contribution in [0.15, 0.2) is 55.0 Å². The summed E-state index contributed by atoms with van der Waals surface area (Å²) in [5.41, 5.74) is 3.56. The van der Waals surface area contributed by atoms with Gasteiger partial charge in [0, 0.05) is 43.9 Å². The first-order valence-corrected chi connectivity index (χ1v) is 8.43. The molecule has 1 aliphatic heterocycles. The average Bonchev–Trinajstić information content (AvgIpc) is 3.14. The van der Waals surface area contributed by atoms with Gasteiger partial charge in [0.1, 0.15) is 5.65 Å². The maximum absolute atomic E-state index is 12.7. The van der Waals surface area contributed by atoms with Crippen molar-refractivity contribution in [3.63, 3.8) is 0 Å². The third-order valence-corrected chi connectivity index (χ3v) is 4.42.